The number of allylic oxidation sites excluding steroid dienone is 1. The number of hydrogen-bond acceptors (Lipinski definition) is 5. The fraction of sp³-hybridized carbons (Fsp3) is 0.522. The minimum Gasteiger partial charge on any atom is -0.593 e. The third-order valence-corrected chi connectivity index (χ3v) is 6.67. The Morgan fingerprint density at radius 1 is 1.39 bits per heavy atom. The molecule has 1 aliphatic carbocycles. The lowest BCUT2D eigenvalue weighted by Crippen LogP contribution is -2.34. The predicted molar refractivity (Wildman–Crippen MR) is 131 cm³/mol. The fourth-order valence-corrected chi connectivity index (χ4v) is 4.80. The molecular formula is C23H32N4O2S2. The molecule has 0 bridgehead atoms. The summed E-state index contributed by atoms with van der Waals surface area (Å²) >= 11 is 0.00786. The molecule has 8 heteroatoms. The average molecular weight is 461 g/mol. The maximum atomic E-state index is 12.4. The van der Waals surface area contributed by atoms with E-state index in [9.17, 15) is 14.6 Å². The highest BCUT2D eigenvalue weighted by Crippen LogP contribution is 2.33. The highest BCUT2D eigenvalue weighted by atomic mass is 32.2. The van der Waals surface area contributed by atoms with Crippen LogP contribution in [0.25, 0.3) is 0 Å². The first-order valence-corrected chi connectivity index (χ1v) is 13.3. The SMILES string of the molecule is C/C=C(/N=C(\SC)N(CCC1CCCCC1C#N)c1ccc(C)cc1)C(=O)N[S+](C)[O-]. The van der Waals surface area contributed by atoms with Crippen LogP contribution < -0.4 is 9.62 Å². The minimum absolute atomic E-state index is 0.111. The Morgan fingerprint density at radius 3 is 2.65 bits per heavy atom. The van der Waals surface area contributed by atoms with Gasteiger partial charge in [-0.3, -0.25) is 4.79 Å². The molecule has 31 heavy (non-hydrogen) atoms. The number of nitriles is 1. The second-order valence-electron chi connectivity index (χ2n) is 7.71. The van der Waals surface area contributed by atoms with Gasteiger partial charge in [-0.2, -0.15) is 9.98 Å². The van der Waals surface area contributed by atoms with Gasteiger partial charge in [-0.05, 0) is 57.4 Å². The van der Waals surface area contributed by atoms with E-state index in [2.05, 4.69) is 44.9 Å². The summed E-state index contributed by atoms with van der Waals surface area (Å²) < 4.78 is 13.8. The summed E-state index contributed by atoms with van der Waals surface area (Å²) in [6, 6.07) is 10.7. The monoisotopic (exact) mass is 460 g/mol. The highest BCUT2D eigenvalue weighted by Gasteiger charge is 2.26. The van der Waals surface area contributed by atoms with Crippen LogP contribution in [0.3, 0.4) is 0 Å². The van der Waals surface area contributed by atoms with Crippen molar-refractivity contribution in [3.05, 3.63) is 41.6 Å². The molecule has 1 fully saturated rings. The normalized spacial score (nSPS) is 20.6. The molecule has 0 heterocycles. The molecule has 0 saturated heterocycles. The van der Waals surface area contributed by atoms with Gasteiger partial charge in [-0.25, -0.2) is 4.99 Å². The zero-order chi connectivity index (χ0) is 22.8. The number of carbonyl (C=O) groups excluding carboxylic acids is 1. The van der Waals surface area contributed by atoms with Gasteiger partial charge in [0.1, 0.15) is 12.0 Å². The van der Waals surface area contributed by atoms with Crippen LogP contribution in [0.4, 0.5) is 5.69 Å². The zero-order valence-corrected chi connectivity index (χ0v) is 20.4. The number of aliphatic imine (C=N–C) groups is 1. The van der Waals surface area contributed by atoms with Gasteiger partial charge in [0, 0.05) is 18.2 Å². The van der Waals surface area contributed by atoms with Crippen LogP contribution in [0.15, 0.2) is 41.0 Å². The Labute approximate surface area is 193 Å². The summed E-state index contributed by atoms with van der Waals surface area (Å²) in [5.74, 6) is 0.0251. The molecule has 0 radical (unpaired) electrons. The molecule has 3 unspecified atom stereocenters. The van der Waals surface area contributed by atoms with E-state index in [-0.39, 0.29) is 11.6 Å². The Hall–Kier alpha value is -1.95. The van der Waals surface area contributed by atoms with Crippen LogP contribution >= 0.6 is 11.8 Å². The number of aryl methyl sites for hydroxylation is 1. The number of thioether (sulfide) groups is 1. The van der Waals surface area contributed by atoms with E-state index in [0.29, 0.717) is 17.6 Å². The van der Waals surface area contributed by atoms with E-state index in [0.717, 1.165) is 31.4 Å². The molecule has 3 atom stereocenters. The quantitative estimate of drug-likeness (QED) is 0.279. The standard InChI is InChI=1S/C23H32N4O2S2/c1-5-21(22(28)26-31(4)29)25-23(30-3)27(20-12-10-17(2)11-13-20)15-14-18-8-6-7-9-19(18)16-24/h5,10-13,18-19H,6-9,14-15H2,1-4H3,(H,26,28)/b21-5+,25-23-. The molecule has 1 saturated carbocycles. The van der Waals surface area contributed by atoms with Crippen molar-refractivity contribution in [3.8, 4) is 6.07 Å². The molecule has 0 aromatic heterocycles. The van der Waals surface area contributed by atoms with Crippen LogP contribution in [-0.2, 0) is 16.2 Å². The Balaban J connectivity index is 2.32. The summed E-state index contributed by atoms with van der Waals surface area (Å²) in [5.41, 5.74) is 2.39. The number of amidine groups is 1. The van der Waals surface area contributed by atoms with Crippen molar-refractivity contribution in [3.63, 3.8) is 0 Å². The Kier molecular flexibility index (Phi) is 10.4. The molecule has 0 spiro atoms. The number of anilines is 1. The average Bonchev–Trinajstić information content (AvgIpc) is 2.76. The van der Waals surface area contributed by atoms with Crippen molar-refractivity contribution in [1.82, 2.24) is 4.72 Å². The number of nitrogens with zero attached hydrogens (tertiary/aromatic N) is 3. The molecule has 0 aliphatic heterocycles. The van der Waals surface area contributed by atoms with Gasteiger partial charge in [-0.1, -0.05) is 48.4 Å². The van der Waals surface area contributed by atoms with Gasteiger partial charge in [-0.15, -0.1) is 0 Å². The molecule has 1 N–H and O–H groups in total. The van der Waals surface area contributed by atoms with E-state index < -0.39 is 17.3 Å². The third kappa shape index (κ3) is 7.60. The smallest absolute Gasteiger partial charge is 0.310 e. The Bertz CT molecular complexity index is 831. The van der Waals surface area contributed by atoms with Crippen LogP contribution in [0, 0.1) is 30.1 Å². The number of nitrogens with one attached hydrogen (secondary N) is 1. The molecule has 1 aliphatic rings. The zero-order valence-electron chi connectivity index (χ0n) is 18.8. The predicted octanol–water partition coefficient (Wildman–Crippen LogP) is 4.55. The van der Waals surface area contributed by atoms with Crippen molar-refractivity contribution in [2.75, 3.05) is 24.0 Å². The van der Waals surface area contributed by atoms with Crippen molar-refractivity contribution < 1.29 is 9.35 Å². The van der Waals surface area contributed by atoms with Crippen LogP contribution in [0.1, 0.15) is 44.6 Å². The number of carbonyl (C=O) groups is 1. The van der Waals surface area contributed by atoms with E-state index >= 15 is 0 Å². The van der Waals surface area contributed by atoms with Crippen LogP contribution in [0.2, 0.25) is 0 Å². The van der Waals surface area contributed by atoms with Gasteiger partial charge in [0.25, 0.3) is 0 Å². The minimum atomic E-state index is -1.46. The lowest BCUT2D eigenvalue weighted by atomic mass is 9.78. The summed E-state index contributed by atoms with van der Waals surface area (Å²) in [6.45, 7) is 4.50. The second kappa shape index (κ2) is 12.8. The summed E-state index contributed by atoms with van der Waals surface area (Å²) in [7, 11) is 0. The van der Waals surface area contributed by atoms with Crippen molar-refractivity contribution in [2.24, 2.45) is 16.8 Å². The van der Waals surface area contributed by atoms with Crippen LogP contribution in [0.5, 0.6) is 0 Å². The van der Waals surface area contributed by atoms with Crippen molar-refractivity contribution in [2.45, 2.75) is 46.0 Å². The molecule has 2 rings (SSSR count). The van der Waals surface area contributed by atoms with Gasteiger partial charge in [0.2, 0.25) is 0 Å². The van der Waals surface area contributed by atoms with E-state index in [1.807, 2.05) is 13.2 Å². The van der Waals surface area contributed by atoms with Crippen molar-refractivity contribution in [1.29, 1.82) is 5.26 Å². The van der Waals surface area contributed by atoms with E-state index in [1.54, 1.807) is 13.0 Å². The Morgan fingerprint density at radius 2 is 2.06 bits per heavy atom. The second-order valence-corrected chi connectivity index (χ2v) is 9.60. The first kappa shape index (κ1) is 25.3. The van der Waals surface area contributed by atoms with Crippen LogP contribution in [-0.4, -0.2) is 34.7 Å². The van der Waals surface area contributed by atoms with E-state index in [4.69, 9.17) is 0 Å². The summed E-state index contributed by atoms with van der Waals surface area (Å²) in [5, 5.41) is 10.2. The maximum absolute atomic E-state index is 12.4. The number of hydrogen-bond donors (Lipinski definition) is 1. The first-order chi connectivity index (χ1) is 14.9. The molecule has 1 aromatic carbocycles. The highest BCUT2D eigenvalue weighted by molar-refractivity contribution is 8.13. The maximum Gasteiger partial charge on any atom is 0.310 e. The number of amides is 1. The lowest BCUT2D eigenvalue weighted by Gasteiger charge is -2.31. The summed E-state index contributed by atoms with van der Waals surface area (Å²) in [4.78, 5) is 19.1. The van der Waals surface area contributed by atoms with Crippen molar-refractivity contribution >= 4 is 39.9 Å². The number of rotatable bonds is 7. The summed E-state index contributed by atoms with van der Waals surface area (Å²) in [6.07, 6.45) is 10.2. The molecule has 168 valence electrons. The number of benzene rings is 1. The largest absolute Gasteiger partial charge is 0.593 e. The molecule has 1 aromatic rings. The molecule has 1 amide bonds. The topological polar surface area (TPSA) is 91.5 Å². The van der Waals surface area contributed by atoms with Gasteiger partial charge in [0.15, 0.2) is 5.17 Å². The van der Waals surface area contributed by atoms with E-state index in [1.165, 1.54) is 30.0 Å². The molecule has 6 nitrogen and oxygen atoms in total. The first-order valence-electron chi connectivity index (χ1n) is 10.6. The van der Waals surface area contributed by atoms with Gasteiger partial charge < -0.3 is 9.45 Å². The third-order valence-electron chi connectivity index (χ3n) is 5.52. The van der Waals surface area contributed by atoms with Gasteiger partial charge in [0.05, 0.1) is 17.4 Å². The molecular weight excluding hydrogens is 428 g/mol. The lowest BCUT2D eigenvalue weighted by molar-refractivity contribution is -0.115. The van der Waals surface area contributed by atoms with Gasteiger partial charge >= 0.3 is 5.91 Å². The fourth-order valence-electron chi connectivity index (χ4n) is 3.83.